The van der Waals surface area contributed by atoms with Gasteiger partial charge in [-0.15, -0.1) is 10.2 Å². The molecule has 1 amide bonds. The van der Waals surface area contributed by atoms with E-state index in [0.29, 0.717) is 23.4 Å². The Morgan fingerprint density at radius 2 is 1.96 bits per heavy atom. The molecule has 0 bridgehead atoms. The van der Waals surface area contributed by atoms with Crippen LogP contribution in [0.4, 0.5) is 5.13 Å². The number of likely N-dealkylation sites (tertiary alicyclic amines) is 1. The standard InChI is InChI=1S/C20H28N4OS/c1-15(2)19-22-23-20(26-19)21-18(25)14-17-9-12-24(13-10-17)11-8-16-6-4-3-5-7-16/h3-7,15,17H,8-14H2,1-2H3,(H,21,23,25). The van der Waals surface area contributed by atoms with E-state index < -0.39 is 0 Å². The predicted octanol–water partition coefficient (Wildman–Crippen LogP) is 3.94. The maximum Gasteiger partial charge on any atom is 0.226 e. The third-order valence-corrected chi connectivity index (χ3v) is 6.06. The molecule has 3 rings (SSSR count). The molecule has 0 unspecified atom stereocenters. The van der Waals surface area contributed by atoms with Crippen molar-refractivity contribution in [2.45, 2.75) is 45.4 Å². The van der Waals surface area contributed by atoms with E-state index in [9.17, 15) is 4.79 Å². The van der Waals surface area contributed by atoms with Crippen molar-refractivity contribution in [2.75, 3.05) is 25.0 Å². The number of carbonyl (C=O) groups is 1. The second-order valence-corrected chi connectivity index (χ2v) is 8.38. The number of aromatic nitrogens is 2. The zero-order valence-corrected chi connectivity index (χ0v) is 16.5. The fourth-order valence-electron chi connectivity index (χ4n) is 3.30. The number of nitrogens with one attached hydrogen (secondary N) is 1. The number of nitrogens with zero attached hydrogens (tertiary/aromatic N) is 3. The van der Waals surface area contributed by atoms with Gasteiger partial charge in [-0.1, -0.05) is 55.5 Å². The first-order valence-electron chi connectivity index (χ1n) is 9.49. The number of piperidine rings is 1. The van der Waals surface area contributed by atoms with Gasteiger partial charge in [-0.3, -0.25) is 4.79 Å². The van der Waals surface area contributed by atoms with Crippen molar-refractivity contribution in [3.63, 3.8) is 0 Å². The molecule has 0 aliphatic carbocycles. The zero-order chi connectivity index (χ0) is 18.4. The molecule has 2 heterocycles. The molecule has 2 aromatic rings. The Kier molecular flexibility index (Phi) is 6.74. The molecule has 0 spiro atoms. The minimum atomic E-state index is 0.0687. The van der Waals surface area contributed by atoms with Gasteiger partial charge in [-0.2, -0.15) is 0 Å². The molecule has 5 nitrogen and oxygen atoms in total. The molecule has 1 aliphatic rings. The van der Waals surface area contributed by atoms with E-state index in [4.69, 9.17) is 0 Å². The largest absolute Gasteiger partial charge is 0.303 e. The molecule has 1 fully saturated rings. The second-order valence-electron chi connectivity index (χ2n) is 7.37. The molecule has 1 aliphatic heterocycles. The molecule has 1 saturated heterocycles. The van der Waals surface area contributed by atoms with Crippen LogP contribution in [0.3, 0.4) is 0 Å². The average Bonchev–Trinajstić information content (AvgIpc) is 3.11. The summed E-state index contributed by atoms with van der Waals surface area (Å²) in [6, 6.07) is 10.6. The van der Waals surface area contributed by atoms with Crippen LogP contribution in [0.2, 0.25) is 0 Å². The topological polar surface area (TPSA) is 58.1 Å². The fourth-order valence-corrected chi connectivity index (χ4v) is 4.06. The van der Waals surface area contributed by atoms with Gasteiger partial charge in [0.25, 0.3) is 0 Å². The van der Waals surface area contributed by atoms with Crippen molar-refractivity contribution in [1.82, 2.24) is 15.1 Å². The highest BCUT2D eigenvalue weighted by Crippen LogP contribution is 2.24. The summed E-state index contributed by atoms with van der Waals surface area (Å²) in [5.74, 6) is 0.887. The van der Waals surface area contributed by atoms with Crippen molar-refractivity contribution in [2.24, 2.45) is 5.92 Å². The van der Waals surface area contributed by atoms with E-state index in [1.165, 1.54) is 16.9 Å². The summed E-state index contributed by atoms with van der Waals surface area (Å²) in [5.41, 5.74) is 1.40. The maximum atomic E-state index is 12.3. The number of hydrogen-bond donors (Lipinski definition) is 1. The predicted molar refractivity (Wildman–Crippen MR) is 107 cm³/mol. The van der Waals surface area contributed by atoms with Crippen LogP contribution in [0, 0.1) is 5.92 Å². The maximum absolute atomic E-state index is 12.3. The number of hydrogen-bond acceptors (Lipinski definition) is 5. The van der Waals surface area contributed by atoms with Gasteiger partial charge in [0, 0.05) is 18.9 Å². The number of anilines is 1. The molecular formula is C20H28N4OS. The van der Waals surface area contributed by atoms with E-state index in [1.807, 2.05) is 0 Å². The number of carbonyl (C=O) groups excluding carboxylic acids is 1. The minimum absolute atomic E-state index is 0.0687. The van der Waals surface area contributed by atoms with Gasteiger partial charge < -0.3 is 10.2 Å². The third-order valence-electron chi connectivity index (χ3n) is 4.92. The van der Waals surface area contributed by atoms with Crippen LogP contribution in [-0.4, -0.2) is 40.6 Å². The van der Waals surface area contributed by atoms with Gasteiger partial charge in [-0.25, -0.2) is 0 Å². The number of amides is 1. The molecule has 0 radical (unpaired) electrons. The van der Waals surface area contributed by atoms with Crippen molar-refractivity contribution in [1.29, 1.82) is 0 Å². The van der Waals surface area contributed by atoms with E-state index >= 15 is 0 Å². The van der Waals surface area contributed by atoms with Crippen LogP contribution in [0.25, 0.3) is 0 Å². The fraction of sp³-hybridized carbons (Fsp3) is 0.550. The molecule has 140 valence electrons. The molecule has 1 aromatic heterocycles. The lowest BCUT2D eigenvalue weighted by atomic mass is 9.93. The first kappa shape index (κ1) is 19.0. The Labute approximate surface area is 159 Å². The van der Waals surface area contributed by atoms with Gasteiger partial charge >= 0.3 is 0 Å². The summed E-state index contributed by atoms with van der Waals surface area (Å²) in [7, 11) is 0. The second kappa shape index (κ2) is 9.24. The Balaban J connectivity index is 1.37. The Morgan fingerprint density at radius 1 is 1.23 bits per heavy atom. The normalized spacial score (nSPS) is 16.1. The first-order valence-corrected chi connectivity index (χ1v) is 10.3. The van der Waals surface area contributed by atoms with Gasteiger partial charge in [0.05, 0.1) is 0 Å². The summed E-state index contributed by atoms with van der Waals surface area (Å²) in [5, 5.41) is 12.7. The van der Waals surface area contributed by atoms with Crippen LogP contribution in [0.15, 0.2) is 30.3 Å². The molecule has 1 N–H and O–H groups in total. The summed E-state index contributed by atoms with van der Waals surface area (Å²) >= 11 is 1.47. The molecule has 0 saturated carbocycles. The quantitative estimate of drug-likeness (QED) is 0.800. The monoisotopic (exact) mass is 372 g/mol. The van der Waals surface area contributed by atoms with Crippen molar-refractivity contribution in [3.05, 3.63) is 40.9 Å². The molecule has 1 aromatic carbocycles. The highest BCUT2D eigenvalue weighted by molar-refractivity contribution is 7.15. The number of benzene rings is 1. The van der Waals surface area contributed by atoms with Gasteiger partial charge in [0.1, 0.15) is 5.01 Å². The SMILES string of the molecule is CC(C)c1nnc(NC(=O)CC2CCN(CCc3ccccc3)CC2)s1. The van der Waals surface area contributed by atoms with Crippen LogP contribution in [0.1, 0.15) is 49.6 Å². The summed E-state index contributed by atoms with van der Waals surface area (Å²) in [4.78, 5) is 14.8. The highest BCUT2D eigenvalue weighted by Gasteiger charge is 2.22. The third kappa shape index (κ3) is 5.61. The van der Waals surface area contributed by atoms with E-state index in [2.05, 4.69) is 64.6 Å². The van der Waals surface area contributed by atoms with Crippen LogP contribution in [-0.2, 0) is 11.2 Å². The van der Waals surface area contributed by atoms with Crippen molar-refractivity contribution >= 4 is 22.4 Å². The lowest BCUT2D eigenvalue weighted by Crippen LogP contribution is -2.36. The van der Waals surface area contributed by atoms with Crippen LogP contribution >= 0.6 is 11.3 Å². The minimum Gasteiger partial charge on any atom is -0.303 e. The zero-order valence-electron chi connectivity index (χ0n) is 15.6. The van der Waals surface area contributed by atoms with Crippen molar-refractivity contribution < 1.29 is 4.79 Å². The van der Waals surface area contributed by atoms with Crippen LogP contribution < -0.4 is 5.32 Å². The highest BCUT2D eigenvalue weighted by atomic mass is 32.1. The molecule has 26 heavy (non-hydrogen) atoms. The van der Waals surface area contributed by atoms with Gasteiger partial charge in [0.15, 0.2) is 0 Å². The van der Waals surface area contributed by atoms with Gasteiger partial charge in [0.2, 0.25) is 11.0 Å². The summed E-state index contributed by atoms with van der Waals surface area (Å²) in [6.45, 7) is 7.43. The number of rotatable bonds is 7. The van der Waals surface area contributed by atoms with Crippen molar-refractivity contribution in [3.8, 4) is 0 Å². The first-order chi connectivity index (χ1) is 12.6. The summed E-state index contributed by atoms with van der Waals surface area (Å²) in [6.07, 6.45) is 3.87. The Morgan fingerprint density at radius 3 is 2.62 bits per heavy atom. The van der Waals surface area contributed by atoms with Crippen LogP contribution in [0.5, 0.6) is 0 Å². The average molecular weight is 373 g/mol. The molecule has 6 heteroatoms. The molecule has 0 atom stereocenters. The van der Waals surface area contributed by atoms with E-state index in [0.717, 1.165) is 43.9 Å². The lowest BCUT2D eigenvalue weighted by Gasteiger charge is -2.31. The molecular weight excluding hydrogens is 344 g/mol. The van der Waals surface area contributed by atoms with Gasteiger partial charge in [-0.05, 0) is 43.8 Å². The summed E-state index contributed by atoms with van der Waals surface area (Å²) < 4.78 is 0. The smallest absolute Gasteiger partial charge is 0.226 e. The Bertz CT molecular complexity index is 693. The lowest BCUT2D eigenvalue weighted by molar-refractivity contribution is -0.117. The van der Waals surface area contributed by atoms with E-state index in [-0.39, 0.29) is 5.91 Å². The Hall–Kier alpha value is -1.79. The van der Waals surface area contributed by atoms with E-state index in [1.54, 1.807) is 0 Å².